The zero-order valence-electron chi connectivity index (χ0n) is 11.9. The van der Waals surface area contributed by atoms with Crippen LogP contribution in [0.5, 0.6) is 0 Å². The minimum atomic E-state index is -0.840. The molecule has 0 aliphatic heterocycles. The van der Waals surface area contributed by atoms with Crippen LogP contribution >= 0.6 is 0 Å². The number of carboxylic acid groups (broad SMARTS) is 1. The van der Waals surface area contributed by atoms with E-state index in [-0.39, 0.29) is 0 Å². The second kappa shape index (κ2) is 4.82. The number of carbonyl (C=O) groups is 1. The van der Waals surface area contributed by atoms with Crippen LogP contribution in [-0.4, -0.2) is 15.6 Å². The van der Waals surface area contributed by atoms with Crippen LogP contribution in [0.2, 0.25) is 0 Å². The third-order valence-electron chi connectivity index (χ3n) is 4.09. The van der Waals surface area contributed by atoms with Crippen LogP contribution in [0.3, 0.4) is 0 Å². The van der Waals surface area contributed by atoms with Crippen molar-refractivity contribution in [3.8, 4) is 11.3 Å². The fourth-order valence-electron chi connectivity index (χ4n) is 2.77. The summed E-state index contributed by atoms with van der Waals surface area (Å²) in [7, 11) is 0. The fraction of sp³-hybridized carbons (Fsp3) is 0.353. The van der Waals surface area contributed by atoms with Crippen molar-refractivity contribution in [2.75, 3.05) is 0 Å². The molecule has 104 valence electrons. The number of aromatic carboxylic acids is 1. The molecule has 1 heterocycles. The van der Waals surface area contributed by atoms with Gasteiger partial charge in [-0.05, 0) is 43.4 Å². The van der Waals surface area contributed by atoms with Crippen molar-refractivity contribution in [1.82, 2.24) is 4.57 Å². The van der Waals surface area contributed by atoms with Crippen LogP contribution in [0, 0.1) is 6.92 Å². The lowest BCUT2D eigenvalue weighted by Gasteiger charge is -2.11. The van der Waals surface area contributed by atoms with Gasteiger partial charge in [-0.3, -0.25) is 0 Å². The summed E-state index contributed by atoms with van der Waals surface area (Å²) in [5, 5.41) is 9.32. The normalized spacial score (nSPS) is 14.5. The van der Waals surface area contributed by atoms with Crippen LogP contribution in [0.4, 0.5) is 0 Å². The minimum Gasteiger partial charge on any atom is -0.478 e. The summed E-state index contributed by atoms with van der Waals surface area (Å²) in [6, 6.07) is 10.7. The molecule has 3 nitrogen and oxygen atoms in total. The summed E-state index contributed by atoms with van der Waals surface area (Å²) in [5.41, 5.74) is 4.73. The van der Waals surface area contributed by atoms with Gasteiger partial charge in [0.15, 0.2) is 0 Å². The van der Waals surface area contributed by atoms with Crippen molar-refractivity contribution in [1.29, 1.82) is 0 Å². The molecule has 2 aromatic rings. The first kappa shape index (κ1) is 13.0. The standard InChI is InChI=1S/C17H19NO2/c1-3-12-4-6-13(7-5-12)16-10-15(17(19)20)11(2)18(16)14-8-9-14/h4-7,10,14H,3,8-9H2,1-2H3,(H,19,20). The lowest BCUT2D eigenvalue weighted by atomic mass is 10.1. The van der Waals surface area contributed by atoms with Gasteiger partial charge >= 0.3 is 5.97 Å². The minimum absolute atomic E-state index is 0.423. The van der Waals surface area contributed by atoms with Crippen molar-refractivity contribution in [3.05, 3.63) is 47.2 Å². The quantitative estimate of drug-likeness (QED) is 0.909. The van der Waals surface area contributed by atoms with Gasteiger partial charge in [0.25, 0.3) is 0 Å². The van der Waals surface area contributed by atoms with E-state index in [1.165, 1.54) is 5.56 Å². The van der Waals surface area contributed by atoms with E-state index in [0.29, 0.717) is 11.6 Å². The second-order valence-corrected chi connectivity index (χ2v) is 5.49. The van der Waals surface area contributed by atoms with Crippen molar-refractivity contribution in [2.24, 2.45) is 0 Å². The van der Waals surface area contributed by atoms with Gasteiger partial charge in [-0.25, -0.2) is 4.79 Å². The highest BCUT2D eigenvalue weighted by Gasteiger charge is 2.29. The topological polar surface area (TPSA) is 42.2 Å². The van der Waals surface area contributed by atoms with Crippen LogP contribution in [0.1, 0.15) is 47.4 Å². The highest BCUT2D eigenvalue weighted by atomic mass is 16.4. The van der Waals surface area contributed by atoms with Crippen LogP contribution in [0.15, 0.2) is 30.3 Å². The largest absolute Gasteiger partial charge is 0.478 e. The zero-order valence-corrected chi connectivity index (χ0v) is 11.9. The Morgan fingerprint density at radius 3 is 2.45 bits per heavy atom. The number of hydrogen-bond donors (Lipinski definition) is 1. The molecule has 0 radical (unpaired) electrons. The maximum Gasteiger partial charge on any atom is 0.337 e. The van der Waals surface area contributed by atoms with E-state index >= 15 is 0 Å². The van der Waals surface area contributed by atoms with Crippen LogP contribution in [-0.2, 0) is 6.42 Å². The monoisotopic (exact) mass is 269 g/mol. The Morgan fingerprint density at radius 1 is 1.30 bits per heavy atom. The van der Waals surface area contributed by atoms with Crippen molar-refractivity contribution < 1.29 is 9.90 Å². The molecule has 0 spiro atoms. The summed E-state index contributed by atoms with van der Waals surface area (Å²) in [6.45, 7) is 4.04. The molecule has 0 atom stereocenters. The molecular formula is C17H19NO2. The maximum atomic E-state index is 11.3. The van der Waals surface area contributed by atoms with E-state index in [0.717, 1.165) is 36.2 Å². The van der Waals surface area contributed by atoms with Gasteiger partial charge in [0.05, 0.1) is 5.56 Å². The molecule has 3 heteroatoms. The molecule has 1 aliphatic carbocycles. The number of rotatable bonds is 4. The van der Waals surface area contributed by atoms with E-state index in [2.05, 4.69) is 35.8 Å². The number of benzene rings is 1. The molecule has 1 aliphatic rings. The van der Waals surface area contributed by atoms with E-state index in [1.54, 1.807) is 0 Å². The molecule has 1 aromatic carbocycles. The average Bonchev–Trinajstić information content (AvgIpc) is 3.22. The van der Waals surface area contributed by atoms with Crippen molar-refractivity contribution >= 4 is 5.97 Å². The molecule has 0 amide bonds. The molecule has 1 saturated carbocycles. The molecule has 0 unspecified atom stereocenters. The summed E-state index contributed by atoms with van der Waals surface area (Å²) in [6.07, 6.45) is 3.31. The maximum absolute atomic E-state index is 11.3. The first-order valence-electron chi connectivity index (χ1n) is 7.16. The number of aryl methyl sites for hydroxylation is 1. The number of hydrogen-bond acceptors (Lipinski definition) is 1. The van der Waals surface area contributed by atoms with Gasteiger partial charge in [-0.15, -0.1) is 0 Å². The molecule has 0 bridgehead atoms. The second-order valence-electron chi connectivity index (χ2n) is 5.49. The van der Waals surface area contributed by atoms with E-state index in [4.69, 9.17) is 0 Å². The highest BCUT2D eigenvalue weighted by molar-refractivity contribution is 5.91. The molecule has 20 heavy (non-hydrogen) atoms. The van der Waals surface area contributed by atoms with E-state index < -0.39 is 5.97 Å². The summed E-state index contributed by atoms with van der Waals surface area (Å²) in [4.78, 5) is 11.3. The van der Waals surface area contributed by atoms with Crippen LogP contribution in [0.25, 0.3) is 11.3 Å². The van der Waals surface area contributed by atoms with Gasteiger partial charge in [-0.1, -0.05) is 31.2 Å². The first-order valence-corrected chi connectivity index (χ1v) is 7.16. The number of nitrogens with zero attached hydrogens (tertiary/aromatic N) is 1. The lowest BCUT2D eigenvalue weighted by molar-refractivity contribution is 0.0696. The number of aromatic nitrogens is 1. The van der Waals surface area contributed by atoms with Crippen molar-refractivity contribution in [3.63, 3.8) is 0 Å². The molecular weight excluding hydrogens is 250 g/mol. The fourth-order valence-corrected chi connectivity index (χ4v) is 2.77. The van der Waals surface area contributed by atoms with Gasteiger partial charge < -0.3 is 9.67 Å². The van der Waals surface area contributed by atoms with Gasteiger partial charge in [-0.2, -0.15) is 0 Å². The molecule has 1 aromatic heterocycles. The Kier molecular flexibility index (Phi) is 3.13. The third-order valence-corrected chi connectivity index (χ3v) is 4.09. The van der Waals surface area contributed by atoms with E-state index in [1.807, 2.05) is 13.0 Å². The van der Waals surface area contributed by atoms with Gasteiger partial charge in [0, 0.05) is 17.4 Å². The predicted octanol–water partition coefficient (Wildman–Crippen LogP) is 4.06. The lowest BCUT2D eigenvalue weighted by Crippen LogP contribution is -2.02. The highest BCUT2D eigenvalue weighted by Crippen LogP contribution is 2.41. The SMILES string of the molecule is CCc1ccc(-c2cc(C(=O)O)c(C)n2C2CC2)cc1. The van der Waals surface area contributed by atoms with Gasteiger partial charge in [0.1, 0.15) is 0 Å². The van der Waals surface area contributed by atoms with Gasteiger partial charge in [0.2, 0.25) is 0 Å². The smallest absolute Gasteiger partial charge is 0.337 e. The Balaban J connectivity index is 2.11. The summed E-state index contributed by atoms with van der Waals surface area (Å²) >= 11 is 0. The molecule has 3 rings (SSSR count). The summed E-state index contributed by atoms with van der Waals surface area (Å²) in [5.74, 6) is -0.840. The summed E-state index contributed by atoms with van der Waals surface area (Å²) < 4.78 is 2.20. The number of carboxylic acids is 1. The molecule has 1 fully saturated rings. The molecule has 1 N–H and O–H groups in total. The van der Waals surface area contributed by atoms with Crippen LogP contribution < -0.4 is 0 Å². The van der Waals surface area contributed by atoms with E-state index in [9.17, 15) is 9.90 Å². The Hall–Kier alpha value is -2.03. The Labute approximate surface area is 118 Å². The van der Waals surface area contributed by atoms with Crippen molar-refractivity contribution in [2.45, 2.75) is 39.2 Å². The average molecular weight is 269 g/mol. The Morgan fingerprint density at radius 2 is 1.95 bits per heavy atom. The zero-order chi connectivity index (χ0) is 14.3. The Bertz CT molecular complexity index is 648. The predicted molar refractivity (Wildman–Crippen MR) is 79.2 cm³/mol. The third kappa shape index (κ3) is 2.13. The first-order chi connectivity index (χ1) is 9.61. The molecule has 0 saturated heterocycles.